The van der Waals surface area contributed by atoms with E-state index in [0.717, 1.165) is 4.90 Å². The van der Waals surface area contributed by atoms with Crippen molar-refractivity contribution in [2.75, 3.05) is 40.0 Å². The number of rotatable bonds is 13. The van der Waals surface area contributed by atoms with Crippen molar-refractivity contribution in [1.29, 1.82) is 0 Å². The standard InChI is InChI=1S/C16H30N3O11P/c1-11(2)29-15(22)25-6-8-27-31(24,18-14(17)19(5)10-13(20)21)28-9-7-26-16(23)30-12(3)4/h11-12H,6-10H2,1-5H3,(H,20,21)(H2,17,18,24). The summed E-state index contributed by atoms with van der Waals surface area (Å²) in [6.07, 6.45) is -2.68. The van der Waals surface area contributed by atoms with Gasteiger partial charge in [-0.1, -0.05) is 0 Å². The molecule has 0 atom stereocenters. The van der Waals surface area contributed by atoms with Crippen LogP contribution in [-0.4, -0.2) is 86.5 Å². The highest BCUT2D eigenvalue weighted by atomic mass is 31.2. The van der Waals surface area contributed by atoms with Crippen molar-refractivity contribution in [1.82, 2.24) is 4.90 Å². The van der Waals surface area contributed by atoms with E-state index >= 15 is 0 Å². The fourth-order valence-electron chi connectivity index (χ4n) is 1.59. The van der Waals surface area contributed by atoms with Crippen LogP contribution in [0.25, 0.3) is 0 Å². The maximum atomic E-state index is 12.8. The van der Waals surface area contributed by atoms with Crippen molar-refractivity contribution in [2.24, 2.45) is 10.5 Å². The highest BCUT2D eigenvalue weighted by molar-refractivity contribution is 7.52. The molecule has 0 saturated heterocycles. The molecule has 0 rings (SSSR count). The number of ether oxygens (including phenoxy) is 4. The van der Waals surface area contributed by atoms with Crippen LogP contribution in [0.3, 0.4) is 0 Å². The van der Waals surface area contributed by atoms with E-state index in [4.69, 9.17) is 38.8 Å². The molecule has 0 radical (unpaired) electrons. The fraction of sp³-hybridized carbons (Fsp3) is 0.750. The van der Waals surface area contributed by atoms with Gasteiger partial charge in [-0.25, -0.2) is 14.2 Å². The number of likely N-dealkylation sites (N-methyl/N-ethyl adjacent to an activating group) is 1. The van der Waals surface area contributed by atoms with Gasteiger partial charge in [0.15, 0.2) is 0 Å². The fourth-order valence-corrected chi connectivity index (χ4v) is 2.79. The number of hydrogen-bond acceptors (Lipinski definition) is 10. The first-order valence-electron chi connectivity index (χ1n) is 9.19. The molecule has 0 unspecified atom stereocenters. The predicted octanol–water partition coefficient (Wildman–Crippen LogP) is 1.58. The normalized spacial score (nSPS) is 11.9. The van der Waals surface area contributed by atoms with E-state index in [-0.39, 0.29) is 25.4 Å². The van der Waals surface area contributed by atoms with Gasteiger partial charge in [0.25, 0.3) is 0 Å². The molecule has 0 aliphatic heterocycles. The molecule has 15 heteroatoms. The Hall–Kier alpha value is -2.57. The Bertz CT molecular complexity index is 635. The summed E-state index contributed by atoms with van der Waals surface area (Å²) in [5.74, 6) is -1.64. The highest BCUT2D eigenvalue weighted by Crippen LogP contribution is 2.49. The molecule has 3 N–H and O–H groups in total. The summed E-state index contributed by atoms with van der Waals surface area (Å²) in [4.78, 5) is 34.4. The molecule has 0 saturated carbocycles. The van der Waals surface area contributed by atoms with E-state index in [1.165, 1.54) is 7.05 Å². The predicted molar refractivity (Wildman–Crippen MR) is 107 cm³/mol. The Kier molecular flexibility index (Phi) is 13.2. The van der Waals surface area contributed by atoms with E-state index in [2.05, 4.69) is 4.76 Å². The molecule has 0 aromatic rings. The summed E-state index contributed by atoms with van der Waals surface area (Å²) < 4.78 is 45.6. The molecule has 0 heterocycles. The van der Waals surface area contributed by atoms with Crippen LogP contribution in [0.2, 0.25) is 0 Å². The monoisotopic (exact) mass is 471 g/mol. The van der Waals surface area contributed by atoms with Gasteiger partial charge in [-0.2, -0.15) is 0 Å². The molecular weight excluding hydrogens is 441 g/mol. The quantitative estimate of drug-likeness (QED) is 0.130. The minimum absolute atomic E-state index is 0.337. The molecule has 0 aromatic carbocycles. The van der Waals surface area contributed by atoms with Crippen molar-refractivity contribution >= 4 is 32.0 Å². The van der Waals surface area contributed by atoms with E-state index in [1.807, 2.05) is 0 Å². The number of carboxylic acid groups (broad SMARTS) is 1. The summed E-state index contributed by atoms with van der Waals surface area (Å²) in [6.45, 7) is 4.51. The second-order valence-electron chi connectivity index (χ2n) is 6.37. The lowest BCUT2D eigenvalue weighted by Crippen LogP contribution is -2.37. The summed E-state index contributed by atoms with van der Waals surface area (Å²) in [5, 5.41) is 8.80. The highest BCUT2D eigenvalue weighted by Gasteiger charge is 2.27. The van der Waals surface area contributed by atoms with Crippen LogP contribution in [0, 0.1) is 0 Å². The maximum absolute atomic E-state index is 12.8. The Balaban J connectivity index is 4.91. The minimum atomic E-state index is -4.28. The lowest BCUT2D eigenvalue weighted by Gasteiger charge is -2.19. The van der Waals surface area contributed by atoms with Gasteiger partial charge in [0, 0.05) is 7.05 Å². The van der Waals surface area contributed by atoms with Crippen LogP contribution >= 0.6 is 7.75 Å². The summed E-state index contributed by atoms with van der Waals surface area (Å²) in [5.41, 5.74) is 5.64. The number of nitrogens with zero attached hydrogens (tertiary/aromatic N) is 2. The molecule has 14 nitrogen and oxygen atoms in total. The van der Waals surface area contributed by atoms with Crippen LogP contribution in [0.1, 0.15) is 27.7 Å². The van der Waals surface area contributed by atoms with Crippen LogP contribution < -0.4 is 5.73 Å². The zero-order valence-electron chi connectivity index (χ0n) is 18.1. The number of carboxylic acids is 1. The van der Waals surface area contributed by atoms with Gasteiger partial charge in [-0.3, -0.25) is 13.8 Å². The van der Waals surface area contributed by atoms with Crippen molar-refractivity contribution < 1.29 is 52.1 Å². The average Bonchev–Trinajstić information content (AvgIpc) is 2.61. The van der Waals surface area contributed by atoms with Crippen LogP contribution in [0.5, 0.6) is 0 Å². The number of carbonyl (C=O) groups excluding carboxylic acids is 2. The van der Waals surface area contributed by atoms with E-state index < -0.39 is 51.7 Å². The third-order valence-electron chi connectivity index (χ3n) is 2.77. The average molecular weight is 471 g/mol. The van der Waals surface area contributed by atoms with E-state index in [1.54, 1.807) is 27.7 Å². The summed E-state index contributed by atoms with van der Waals surface area (Å²) in [6, 6.07) is 0. The molecule has 31 heavy (non-hydrogen) atoms. The number of carbonyl (C=O) groups is 3. The van der Waals surface area contributed by atoms with Gasteiger partial charge < -0.3 is 34.7 Å². The van der Waals surface area contributed by atoms with Gasteiger partial charge in [0.1, 0.15) is 19.8 Å². The molecule has 180 valence electrons. The summed E-state index contributed by atoms with van der Waals surface area (Å²) in [7, 11) is -2.98. The SMILES string of the molecule is CC(C)OC(=O)OCCOP(=O)(/N=C(\N)N(C)CC(=O)O)OCCOC(=O)OC(C)C. The second kappa shape index (κ2) is 14.4. The summed E-state index contributed by atoms with van der Waals surface area (Å²) >= 11 is 0. The van der Waals surface area contributed by atoms with Gasteiger partial charge in [-0.05, 0) is 27.7 Å². The minimum Gasteiger partial charge on any atom is -0.480 e. The maximum Gasteiger partial charge on any atom is 0.508 e. The zero-order valence-corrected chi connectivity index (χ0v) is 19.0. The molecule has 0 aliphatic rings. The number of aliphatic carboxylic acids is 1. The first-order valence-corrected chi connectivity index (χ1v) is 10.7. The third kappa shape index (κ3) is 15.0. The van der Waals surface area contributed by atoms with Gasteiger partial charge >= 0.3 is 26.0 Å². The van der Waals surface area contributed by atoms with Crippen LogP contribution in [0.15, 0.2) is 4.76 Å². The molecule has 0 fully saturated rings. The number of nitrogens with two attached hydrogens (primary N) is 1. The Labute approximate surface area is 180 Å². The topological polar surface area (TPSA) is 186 Å². The van der Waals surface area contributed by atoms with Gasteiger partial charge in [0.2, 0.25) is 5.96 Å². The Morgan fingerprint density at radius 1 is 0.935 bits per heavy atom. The lowest BCUT2D eigenvalue weighted by molar-refractivity contribution is -0.137. The van der Waals surface area contributed by atoms with Crippen molar-refractivity contribution in [3.05, 3.63) is 0 Å². The zero-order chi connectivity index (χ0) is 24.0. The number of guanidine groups is 1. The molecule has 0 amide bonds. The van der Waals surface area contributed by atoms with Gasteiger partial charge in [-0.15, -0.1) is 4.76 Å². The van der Waals surface area contributed by atoms with Crippen molar-refractivity contribution in [3.8, 4) is 0 Å². The number of hydrogen-bond donors (Lipinski definition) is 2. The Morgan fingerprint density at radius 3 is 1.71 bits per heavy atom. The molecule has 0 bridgehead atoms. The lowest BCUT2D eigenvalue weighted by atomic mass is 10.5. The molecule has 0 aliphatic carbocycles. The first-order chi connectivity index (χ1) is 14.3. The van der Waals surface area contributed by atoms with E-state index in [9.17, 15) is 18.9 Å². The molecule has 0 aromatic heterocycles. The first kappa shape index (κ1) is 28.4. The molecular formula is C16H30N3O11P. The van der Waals surface area contributed by atoms with Crippen molar-refractivity contribution in [2.45, 2.75) is 39.9 Å². The van der Waals surface area contributed by atoms with E-state index in [0.29, 0.717) is 0 Å². The largest absolute Gasteiger partial charge is 0.508 e. The molecule has 0 spiro atoms. The van der Waals surface area contributed by atoms with Crippen LogP contribution in [0.4, 0.5) is 9.59 Å². The van der Waals surface area contributed by atoms with Crippen molar-refractivity contribution in [3.63, 3.8) is 0 Å². The Morgan fingerprint density at radius 2 is 1.35 bits per heavy atom. The third-order valence-corrected chi connectivity index (χ3v) is 4.24. The second-order valence-corrected chi connectivity index (χ2v) is 8.03. The smallest absolute Gasteiger partial charge is 0.480 e. The van der Waals surface area contributed by atoms with Gasteiger partial charge in [0.05, 0.1) is 25.4 Å². The van der Waals surface area contributed by atoms with Crippen LogP contribution in [-0.2, 0) is 37.4 Å².